The lowest BCUT2D eigenvalue weighted by Gasteiger charge is -2.25. The van der Waals surface area contributed by atoms with Crippen LogP contribution in [-0.2, 0) is 0 Å². The fourth-order valence-electron chi connectivity index (χ4n) is 13.1. The van der Waals surface area contributed by atoms with E-state index in [-0.39, 0.29) is 12.0 Å². The number of hydrogen-bond acceptors (Lipinski definition) is 3. The molecule has 0 spiro atoms. The molecule has 382 valence electrons. The van der Waals surface area contributed by atoms with E-state index in [1.54, 1.807) is 0 Å². The lowest BCUT2D eigenvalue weighted by Crippen LogP contribution is -2.09. The van der Waals surface area contributed by atoms with E-state index in [0.29, 0.717) is 17.5 Å². The van der Waals surface area contributed by atoms with Crippen molar-refractivity contribution in [3.05, 3.63) is 285 Å². The zero-order valence-corrected chi connectivity index (χ0v) is 44.3. The van der Waals surface area contributed by atoms with Gasteiger partial charge in [-0.3, -0.25) is 0 Å². The average Bonchev–Trinajstić information content (AvgIpc) is 3.98. The maximum Gasteiger partial charge on any atom is 0.164 e. The largest absolute Gasteiger partial charge is 0.332 e. The van der Waals surface area contributed by atoms with Crippen LogP contribution >= 0.6 is 0 Å². The van der Waals surface area contributed by atoms with Crippen LogP contribution in [0, 0.1) is 0 Å². The van der Waals surface area contributed by atoms with Gasteiger partial charge >= 0.3 is 0 Å². The third kappa shape index (κ3) is 7.66. The van der Waals surface area contributed by atoms with E-state index in [1.807, 2.05) is 18.2 Å². The smallest absolute Gasteiger partial charge is 0.164 e. The molecule has 81 heavy (non-hydrogen) atoms. The third-order valence-corrected chi connectivity index (χ3v) is 16.7. The van der Waals surface area contributed by atoms with Gasteiger partial charge in [0, 0.05) is 66.2 Å². The summed E-state index contributed by atoms with van der Waals surface area (Å²) in [5.41, 5.74) is 18.0. The summed E-state index contributed by atoms with van der Waals surface area (Å²) in [6.07, 6.45) is 19.9. The first kappa shape index (κ1) is 46.6. The maximum atomic E-state index is 5.41. The van der Waals surface area contributed by atoms with E-state index < -0.39 is 0 Å². The topological polar surface area (TPSA) is 53.5 Å². The molecule has 0 amide bonds. The van der Waals surface area contributed by atoms with Crippen LogP contribution in [-0.4, -0.2) is 28.7 Å². The number of allylic oxidation sites excluding steroid dienone is 8. The highest BCUT2D eigenvalue weighted by atomic mass is 15.1. The number of hydrogen-bond donors (Lipinski definition) is 0. The second-order valence-corrected chi connectivity index (χ2v) is 21.3. The Hall–Kier alpha value is -10.4. The molecule has 0 saturated heterocycles. The Morgan fingerprint density at radius 1 is 0.346 bits per heavy atom. The van der Waals surface area contributed by atoms with Gasteiger partial charge in [-0.15, -0.1) is 0 Å². The zero-order valence-electron chi connectivity index (χ0n) is 44.3. The molecule has 0 unspecified atom stereocenters. The van der Waals surface area contributed by atoms with Crippen molar-refractivity contribution in [1.29, 1.82) is 0 Å². The summed E-state index contributed by atoms with van der Waals surface area (Å²) >= 11 is 0. The van der Waals surface area contributed by atoms with Gasteiger partial charge in [-0.25, -0.2) is 15.0 Å². The lowest BCUT2D eigenvalue weighted by molar-refractivity contribution is 0.650. The van der Waals surface area contributed by atoms with Crippen LogP contribution in [0.4, 0.5) is 0 Å². The van der Waals surface area contributed by atoms with Gasteiger partial charge in [0.05, 0.1) is 44.8 Å². The molecule has 0 aliphatic heterocycles. The van der Waals surface area contributed by atoms with E-state index in [9.17, 15) is 0 Å². The number of nitrogens with zero attached hydrogens (tertiary/aromatic N) is 6. The molecular weight excluding hydrogens is 985 g/mol. The molecule has 2 aliphatic rings. The molecule has 0 N–H and O–H groups in total. The number of benzene rings is 10. The summed E-state index contributed by atoms with van der Waals surface area (Å²) in [6, 6.07) is 83.4. The summed E-state index contributed by atoms with van der Waals surface area (Å²) in [7, 11) is 0. The van der Waals surface area contributed by atoms with Crippen LogP contribution in [0.15, 0.2) is 279 Å². The van der Waals surface area contributed by atoms with Gasteiger partial charge < -0.3 is 13.7 Å². The monoisotopic (exact) mass is 1040 g/mol. The molecule has 14 aromatic rings. The van der Waals surface area contributed by atoms with Crippen molar-refractivity contribution >= 4 is 65.4 Å². The Labute approximate surface area is 468 Å². The summed E-state index contributed by atoms with van der Waals surface area (Å²) in [4.78, 5) is 16.0. The summed E-state index contributed by atoms with van der Waals surface area (Å²) in [5.74, 6) is 1.92. The SMILES string of the molecule is C1=CC[C@H](c2cc(-c3nc(-c4ccccc4)nc(-c4ccc(-c5ccccc5)cc4)n3)cc(-c3ccccc3)c2-n2c3ccccc3c3c2ccc2c4ccc5c(c6ccccc6n5-c5ccccc5)c4n([C@@H]4C=CC=CC4)c23)C=C1. The van der Waals surface area contributed by atoms with E-state index in [4.69, 9.17) is 15.0 Å². The minimum atomic E-state index is 0.0496. The minimum Gasteiger partial charge on any atom is -0.332 e. The Kier molecular flexibility index (Phi) is 11.0. The molecule has 0 saturated carbocycles. The normalized spacial score (nSPS) is 15.1. The van der Waals surface area contributed by atoms with Gasteiger partial charge in [-0.1, -0.05) is 231 Å². The Morgan fingerprint density at radius 3 is 1.42 bits per heavy atom. The average molecular weight is 1040 g/mol. The molecule has 4 heterocycles. The van der Waals surface area contributed by atoms with E-state index in [0.717, 1.165) is 74.2 Å². The summed E-state index contributed by atoms with van der Waals surface area (Å²) in [5, 5.41) is 7.46. The van der Waals surface area contributed by atoms with Crippen LogP contribution in [0.2, 0.25) is 0 Å². The minimum absolute atomic E-state index is 0.0496. The predicted molar refractivity (Wildman–Crippen MR) is 336 cm³/mol. The molecule has 6 heteroatoms. The highest BCUT2D eigenvalue weighted by molar-refractivity contribution is 6.31. The molecule has 2 atom stereocenters. The number of rotatable bonds is 9. The van der Waals surface area contributed by atoms with Crippen LogP contribution in [0.25, 0.3) is 133 Å². The van der Waals surface area contributed by atoms with E-state index >= 15 is 0 Å². The number of fused-ring (bicyclic) bond motifs is 11. The molecule has 10 aromatic carbocycles. The Morgan fingerprint density at radius 2 is 0.827 bits per heavy atom. The Bertz CT molecular complexity index is 4900. The first-order valence-electron chi connectivity index (χ1n) is 28.1. The van der Waals surface area contributed by atoms with E-state index in [2.05, 4.69) is 275 Å². The zero-order chi connectivity index (χ0) is 53.4. The first-order valence-corrected chi connectivity index (χ1v) is 28.1. The molecule has 4 aromatic heterocycles. The standard InChI is InChI=1S/C75H52N6/c1-7-23-49(24-8-1)50-39-41-54(42-40-50)74-76-73(53-29-13-4-14-30-53)77-75(78-74)55-47-62(51-25-9-2-10-26-51)70(63(48-55)52-27-11-3-12-28-52)81-65-38-22-20-36-61(65)69-67(81)46-44-59-58-43-45-66-68(71(58)80(72(59)69)57-33-17-6-18-34-57)60-35-19-21-37-64(60)79(66)56-31-15-5-16-32-56/h1-27,29-33,35-48,52,57H,28,34H2/t52-,57-/m1/s1. The highest BCUT2D eigenvalue weighted by Gasteiger charge is 2.30. The number of para-hydroxylation sites is 3. The van der Waals surface area contributed by atoms with Crippen LogP contribution in [0.3, 0.4) is 0 Å². The van der Waals surface area contributed by atoms with Crippen molar-refractivity contribution in [3.8, 4) is 67.8 Å². The highest BCUT2D eigenvalue weighted by Crippen LogP contribution is 2.49. The Balaban J connectivity index is 0.991. The molecule has 2 aliphatic carbocycles. The molecular formula is C75H52N6. The molecule has 0 fully saturated rings. The second kappa shape index (κ2) is 19.2. The van der Waals surface area contributed by atoms with Crippen molar-refractivity contribution in [3.63, 3.8) is 0 Å². The quantitative estimate of drug-likeness (QED) is 0.145. The van der Waals surface area contributed by atoms with Crippen LogP contribution < -0.4 is 0 Å². The summed E-state index contributed by atoms with van der Waals surface area (Å²) < 4.78 is 7.72. The fraction of sp³-hybridized carbons (Fsp3) is 0.0533. The van der Waals surface area contributed by atoms with Gasteiger partial charge in [0.2, 0.25) is 0 Å². The van der Waals surface area contributed by atoms with Crippen LogP contribution in [0.1, 0.15) is 30.4 Å². The van der Waals surface area contributed by atoms with Crippen molar-refractivity contribution in [2.45, 2.75) is 24.8 Å². The van der Waals surface area contributed by atoms with Crippen molar-refractivity contribution in [2.24, 2.45) is 0 Å². The van der Waals surface area contributed by atoms with Crippen molar-refractivity contribution < 1.29 is 0 Å². The molecule has 0 radical (unpaired) electrons. The summed E-state index contributed by atoms with van der Waals surface area (Å²) in [6.45, 7) is 0. The predicted octanol–water partition coefficient (Wildman–Crippen LogP) is 19.2. The van der Waals surface area contributed by atoms with E-state index in [1.165, 1.54) is 59.9 Å². The van der Waals surface area contributed by atoms with Crippen molar-refractivity contribution in [1.82, 2.24) is 28.7 Å². The molecule has 0 bridgehead atoms. The van der Waals surface area contributed by atoms with Gasteiger partial charge in [-0.2, -0.15) is 0 Å². The fourth-order valence-corrected chi connectivity index (χ4v) is 13.1. The number of aromatic nitrogens is 6. The van der Waals surface area contributed by atoms with Gasteiger partial charge in [0.15, 0.2) is 17.5 Å². The van der Waals surface area contributed by atoms with Crippen LogP contribution in [0.5, 0.6) is 0 Å². The van der Waals surface area contributed by atoms with Gasteiger partial charge in [-0.05, 0) is 83.6 Å². The second-order valence-electron chi connectivity index (χ2n) is 21.3. The molecule has 16 rings (SSSR count). The third-order valence-electron chi connectivity index (χ3n) is 16.7. The molecule has 6 nitrogen and oxygen atoms in total. The van der Waals surface area contributed by atoms with Gasteiger partial charge in [0.25, 0.3) is 0 Å². The maximum absolute atomic E-state index is 5.41. The first-order chi connectivity index (χ1) is 40.2. The van der Waals surface area contributed by atoms with Gasteiger partial charge in [0.1, 0.15) is 0 Å². The van der Waals surface area contributed by atoms with Crippen molar-refractivity contribution in [2.75, 3.05) is 0 Å². The lowest BCUT2D eigenvalue weighted by atomic mass is 9.86.